The summed E-state index contributed by atoms with van der Waals surface area (Å²) in [5, 5.41) is 11.6. The minimum atomic E-state index is -0.0506. The van der Waals surface area contributed by atoms with Crippen molar-refractivity contribution >= 4 is 22.6 Å². The number of nitrogens with zero attached hydrogens (tertiary/aromatic N) is 5. The summed E-state index contributed by atoms with van der Waals surface area (Å²) in [4.78, 5) is 13.1. The number of rotatable bonds is 2. The van der Waals surface area contributed by atoms with Crippen molar-refractivity contribution in [2.75, 3.05) is 0 Å². The topological polar surface area (TPSA) is 65.6 Å². The van der Waals surface area contributed by atoms with Gasteiger partial charge in [-0.25, -0.2) is 0 Å². The van der Waals surface area contributed by atoms with E-state index in [2.05, 4.69) is 38.0 Å². The van der Waals surface area contributed by atoms with Gasteiger partial charge >= 0.3 is 0 Å². The van der Waals surface area contributed by atoms with Crippen molar-refractivity contribution in [3.05, 3.63) is 37.6 Å². The Hall–Kier alpha value is -1.25. The first kappa shape index (κ1) is 11.2. The number of hydrogen-bond acceptors (Lipinski definition) is 4. The van der Waals surface area contributed by atoms with Gasteiger partial charge in [0, 0.05) is 15.8 Å². The summed E-state index contributed by atoms with van der Waals surface area (Å²) < 4.78 is 2.62. The fourth-order valence-corrected chi connectivity index (χ4v) is 1.79. The lowest BCUT2D eigenvalue weighted by molar-refractivity contribution is 0.623. The summed E-state index contributed by atoms with van der Waals surface area (Å²) in [7, 11) is 1.69. The Morgan fingerprint density at radius 3 is 2.88 bits per heavy atom. The molecule has 0 radical (unpaired) electrons. The zero-order chi connectivity index (χ0) is 11.7. The van der Waals surface area contributed by atoms with Crippen molar-refractivity contribution in [3.63, 3.8) is 0 Å². The highest BCUT2D eigenvalue weighted by molar-refractivity contribution is 14.1. The van der Waals surface area contributed by atoms with Gasteiger partial charge in [0.15, 0.2) is 5.82 Å². The van der Waals surface area contributed by atoms with Crippen LogP contribution in [0.1, 0.15) is 11.4 Å². The molecule has 2 aromatic heterocycles. The zero-order valence-electron chi connectivity index (χ0n) is 8.88. The number of aryl methyl sites for hydroxylation is 2. The molecule has 84 valence electrons. The molecule has 0 aliphatic rings. The summed E-state index contributed by atoms with van der Waals surface area (Å²) in [6.45, 7) is 2.26. The van der Waals surface area contributed by atoms with E-state index in [-0.39, 0.29) is 5.56 Å². The molecular weight excluding hydrogens is 321 g/mol. The molecular formula is C9H10IN5O. The van der Waals surface area contributed by atoms with Crippen LogP contribution in [0.3, 0.4) is 0 Å². The van der Waals surface area contributed by atoms with E-state index in [0.717, 1.165) is 9.13 Å². The van der Waals surface area contributed by atoms with Gasteiger partial charge in [0.05, 0.1) is 13.6 Å². The van der Waals surface area contributed by atoms with Crippen molar-refractivity contribution in [1.29, 1.82) is 0 Å². The quantitative estimate of drug-likeness (QED) is 0.744. The number of halogens is 1. The maximum absolute atomic E-state index is 11.7. The van der Waals surface area contributed by atoms with Crippen molar-refractivity contribution < 1.29 is 0 Å². The van der Waals surface area contributed by atoms with Crippen molar-refractivity contribution in [2.45, 2.75) is 13.5 Å². The largest absolute Gasteiger partial charge is 0.307 e. The number of hydrogen-bond donors (Lipinski definition) is 0. The summed E-state index contributed by atoms with van der Waals surface area (Å²) in [5.74, 6) is 0.532. The average Bonchev–Trinajstić information content (AvgIpc) is 2.60. The molecule has 0 spiro atoms. The first-order chi connectivity index (χ1) is 7.56. The second-order valence-corrected chi connectivity index (χ2v) is 4.63. The third kappa shape index (κ3) is 2.29. The second kappa shape index (κ2) is 4.32. The van der Waals surface area contributed by atoms with Gasteiger partial charge < -0.3 is 4.57 Å². The molecule has 2 rings (SSSR count). The van der Waals surface area contributed by atoms with Crippen LogP contribution in [0.2, 0.25) is 0 Å². The summed E-state index contributed by atoms with van der Waals surface area (Å²) in [6, 6.07) is 1.61. The lowest BCUT2D eigenvalue weighted by Crippen LogP contribution is -2.21. The normalized spacial score (nSPS) is 10.7. The van der Waals surface area contributed by atoms with Crippen LogP contribution in [-0.2, 0) is 13.6 Å². The predicted molar refractivity (Wildman–Crippen MR) is 66.1 cm³/mol. The number of pyridine rings is 1. The molecule has 0 aliphatic heterocycles. The minimum Gasteiger partial charge on any atom is -0.307 e. The van der Waals surface area contributed by atoms with E-state index >= 15 is 0 Å². The van der Waals surface area contributed by atoms with Gasteiger partial charge in [-0.3, -0.25) is 4.79 Å². The van der Waals surface area contributed by atoms with Crippen molar-refractivity contribution in [1.82, 2.24) is 24.8 Å². The Morgan fingerprint density at radius 2 is 2.25 bits per heavy atom. The molecule has 0 saturated heterocycles. The van der Waals surface area contributed by atoms with Gasteiger partial charge in [-0.2, -0.15) is 4.80 Å². The third-order valence-electron chi connectivity index (χ3n) is 2.13. The Kier molecular flexibility index (Phi) is 3.03. The van der Waals surface area contributed by atoms with Crippen LogP contribution in [0.15, 0.2) is 17.1 Å². The molecule has 0 N–H and O–H groups in total. The van der Waals surface area contributed by atoms with Crippen LogP contribution in [0.5, 0.6) is 0 Å². The van der Waals surface area contributed by atoms with E-state index in [1.54, 1.807) is 23.9 Å². The molecule has 0 aromatic carbocycles. The standard InChI is InChI=1S/C9H10IN5O/c1-6-3-9(16)15(4-7(6)10)5-8-11-13-14(2)12-8/h3-4H,5H2,1-2H3. The molecule has 16 heavy (non-hydrogen) atoms. The zero-order valence-corrected chi connectivity index (χ0v) is 11.0. The lowest BCUT2D eigenvalue weighted by atomic mass is 10.3. The number of aromatic nitrogens is 5. The van der Waals surface area contributed by atoms with Crippen LogP contribution < -0.4 is 5.56 Å². The molecule has 0 atom stereocenters. The van der Waals surface area contributed by atoms with E-state index in [1.807, 2.05) is 6.92 Å². The van der Waals surface area contributed by atoms with E-state index in [1.165, 1.54) is 4.80 Å². The maximum Gasteiger partial charge on any atom is 0.251 e. The maximum atomic E-state index is 11.7. The van der Waals surface area contributed by atoms with E-state index in [0.29, 0.717) is 12.4 Å². The van der Waals surface area contributed by atoms with E-state index in [9.17, 15) is 4.79 Å². The Labute approximate surface area is 105 Å². The van der Waals surface area contributed by atoms with Gasteiger partial charge in [-0.1, -0.05) is 0 Å². The van der Waals surface area contributed by atoms with Crippen LogP contribution >= 0.6 is 22.6 Å². The highest BCUT2D eigenvalue weighted by Gasteiger charge is 2.05. The van der Waals surface area contributed by atoms with E-state index in [4.69, 9.17) is 0 Å². The van der Waals surface area contributed by atoms with Crippen LogP contribution in [0.4, 0.5) is 0 Å². The number of tetrazole rings is 1. The molecule has 0 amide bonds. The molecule has 6 nitrogen and oxygen atoms in total. The van der Waals surface area contributed by atoms with Gasteiger partial charge in [-0.05, 0) is 40.3 Å². The van der Waals surface area contributed by atoms with Gasteiger partial charge in [0.1, 0.15) is 0 Å². The van der Waals surface area contributed by atoms with Crippen molar-refractivity contribution in [3.8, 4) is 0 Å². The van der Waals surface area contributed by atoms with Gasteiger partial charge in [0.25, 0.3) is 5.56 Å². The Balaban J connectivity index is 2.35. The fourth-order valence-electron chi connectivity index (χ4n) is 1.30. The third-order valence-corrected chi connectivity index (χ3v) is 3.26. The average molecular weight is 331 g/mol. The Morgan fingerprint density at radius 1 is 1.50 bits per heavy atom. The van der Waals surface area contributed by atoms with Crippen molar-refractivity contribution in [2.24, 2.45) is 7.05 Å². The van der Waals surface area contributed by atoms with E-state index < -0.39 is 0 Å². The molecule has 0 unspecified atom stereocenters. The lowest BCUT2D eigenvalue weighted by Gasteiger charge is -2.04. The first-order valence-electron chi connectivity index (χ1n) is 4.66. The predicted octanol–water partition coefficient (Wildman–Crippen LogP) is 0.333. The molecule has 0 bridgehead atoms. The van der Waals surface area contributed by atoms with Gasteiger partial charge in [-0.15, -0.1) is 10.2 Å². The molecule has 0 saturated carbocycles. The summed E-state index contributed by atoms with van der Waals surface area (Å²) in [6.07, 6.45) is 1.80. The smallest absolute Gasteiger partial charge is 0.251 e. The molecule has 2 heterocycles. The monoisotopic (exact) mass is 331 g/mol. The highest BCUT2D eigenvalue weighted by atomic mass is 127. The minimum absolute atomic E-state index is 0.0506. The molecule has 2 aromatic rings. The molecule has 0 fully saturated rings. The SMILES string of the molecule is Cc1cc(=O)n(Cc2nnn(C)n2)cc1I. The fraction of sp³-hybridized carbons (Fsp3) is 0.333. The second-order valence-electron chi connectivity index (χ2n) is 3.47. The summed E-state index contributed by atoms with van der Waals surface area (Å²) in [5.41, 5.74) is 0.930. The molecule has 7 heteroatoms. The molecule has 0 aliphatic carbocycles. The van der Waals surface area contributed by atoms with Crippen LogP contribution in [-0.4, -0.2) is 24.8 Å². The highest BCUT2D eigenvalue weighted by Crippen LogP contribution is 2.07. The Bertz CT molecular complexity index is 574. The first-order valence-corrected chi connectivity index (χ1v) is 5.73. The van der Waals surface area contributed by atoms with Gasteiger partial charge in [0.2, 0.25) is 0 Å². The van der Waals surface area contributed by atoms with Crippen LogP contribution in [0.25, 0.3) is 0 Å². The van der Waals surface area contributed by atoms with Crippen LogP contribution in [0, 0.1) is 10.5 Å². The summed E-state index contributed by atoms with van der Waals surface area (Å²) >= 11 is 2.19.